The van der Waals surface area contributed by atoms with E-state index in [4.69, 9.17) is 5.11 Å². The molecule has 1 amide bonds. The van der Waals surface area contributed by atoms with Crippen LogP contribution in [0.15, 0.2) is 36.4 Å². The molecule has 3 rings (SSSR count). The minimum atomic E-state index is -0.386. The first kappa shape index (κ1) is 16.8. The Balaban J connectivity index is 1.62. The Kier molecular flexibility index (Phi) is 5.14. The maximum absolute atomic E-state index is 12.9. The fourth-order valence-electron chi connectivity index (χ4n) is 2.26. The van der Waals surface area contributed by atoms with Crippen molar-refractivity contribution in [2.45, 2.75) is 6.42 Å². The number of carbonyl (C=O) groups is 1. The summed E-state index contributed by atoms with van der Waals surface area (Å²) in [5.74, 6) is 0.523. The van der Waals surface area contributed by atoms with Gasteiger partial charge >= 0.3 is 0 Å². The number of fused-ring (bicyclic) bond motifs is 1. The van der Waals surface area contributed by atoms with Crippen molar-refractivity contribution in [2.75, 3.05) is 25.0 Å². The Bertz CT molecular complexity index is 865. The molecule has 0 spiro atoms. The second-order valence-electron chi connectivity index (χ2n) is 5.27. The Labute approximate surface area is 142 Å². The van der Waals surface area contributed by atoms with E-state index in [1.165, 1.54) is 24.3 Å². The first-order valence-electron chi connectivity index (χ1n) is 7.77. The number of hydrogen-bond acceptors (Lipinski definition) is 6. The van der Waals surface area contributed by atoms with Crippen molar-refractivity contribution in [2.24, 2.45) is 0 Å². The largest absolute Gasteiger partial charge is 0.395 e. The summed E-state index contributed by atoms with van der Waals surface area (Å²) in [5.41, 5.74) is 0.982. The molecule has 0 saturated heterocycles. The molecule has 0 unspecified atom stereocenters. The second kappa shape index (κ2) is 7.67. The molecular formula is C16H17FN6O2. The van der Waals surface area contributed by atoms with Crippen molar-refractivity contribution in [1.29, 1.82) is 0 Å². The van der Waals surface area contributed by atoms with Crippen LogP contribution in [0.5, 0.6) is 0 Å². The average Bonchev–Trinajstić information content (AvgIpc) is 3.03. The quantitative estimate of drug-likeness (QED) is 0.581. The SMILES string of the molecule is O=C(NCCc1nnc2ccc(NCCO)nn12)c1ccc(F)cc1. The summed E-state index contributed by atoms with van der Waals surface area (Å²) < 4.78 is 14.5. The van der Waals surface area contributed by atoms with Gasteiger partial charge in [0.2, 0.25) is 0 Å². The highest BCUT2D eigenvalue weighted by atomic mass is 19.1. The van der Waals surface area contributed by atoms with Crippen LogP contribution in [0, 0.1) is 5.82 Å². The molecule has 9 heteroatoms. The minimum Gasteiger partial charge on any atom is -0.395 e. The van der Waals surface area contributed by atoms with E-state index in [9.17, 15) is 9.18 Å². The number of halogens is 1. The normalized spacial score (nSPS) is 10.8. The molecule has 25 heavy (non-hydrogen) atoms. The molecule has 0 aliphatic carbocycles. The van der Waals surface area contributed by atoms with Gasteiger partial charge in [0.15, 0.2) is 11.5 Å². The van der Waals surface area contributed by atoms with E-state index in [1.807, 2.05) is 0 Å². The topological polar surface area (TPSA) is 104 Å². The average molecular weight is 344 g/mol. The van der Waals surface area contributed by atoms with Crippen LogP contribution < -0.4 is 10.6 Å². The molecule has 2 aromatic heterocycles. The molecule has 0 aliphatic heterocycles. The Morgan fingerprint density at radius 2 is 1.92 bits per heavy atom. The van der Waals surface area contributed by atoms with Gasteiger partial charge in [-0.25, -0.2) is 4.39 Å². The summed E-state index contributed by atoms with van der Waals surface area (Å²) in [6, 6.07) is 8.85. The molecule has 0 aliphatic rings. The van der Waals surface area contributed by atoms with Crippen LogP contribution in [-0.4, -0.2) is 50.5 Å². The third kappa shape index (κ3) is 4.07. The molecule has 2 heterocycles. The van der Waals surface area contributed by atoms with Crippen molar-refractivity contribution in [1.82, 2.24) is 25.1 Å². The van der Waals surface area contributed by atoms with Gasteiger partial charge in [0.25, 0.3) is 5.91 Å². The molecule has 130 valence electrons. The molecule has 0 bridgehead atoms. The lowest BCUT2D eigenvalue weighted by molar-refractivity contribution is 0.0954. The zero-order valence-corrected chi connectivity index (χ0v) is 13.3. The Hall–Kier alpha value is -3.07. The van der Waals surface area contributed by atoms with Crippen LogP contribution in [0.3, 0.4) is 0 Å². The fraction of sp³-hybridized carbons (Fsp3) is 0.250. The molecule has 0 saturated carbocycles. The number of anilines is 1. The lowest BCUT2D eigenvalue weighted by Crippen LogP contribution is -2.26. The van der Waals surface area contributed by atoms with Crippen molar-refractivity contribution in [3.8, 4) is 0 Å². The van der Waals surface area contributed by atoms with E-state index >= 15 is 0 Å². The lowest BCUT2D eigenvalue weighted by atomic mass is 10.2. The van der Waals surface area contributed by atoms with Crippen LogP contribution in [0.4, 0.5) is 10.2 Å². The number of aliphatic hydroxyl groups is 1. The molecule has 0 atom stereocenters. The first-order valence-corrected chi connectivity index (χ1v) is 7.77. The Morgan fingerprint density at radius 3 is 2.68 bits per heavy atom. The molecule has 0 fully saturated rings. The number of carbonyl (C=O) groups excluding carboxylic acids is 1. The number of benzene rings is 1. The van der Waals surface area contributed by atoms with Crippen molar-refractivity contribution in [3.05, 3.63) is 53.6 Å². The number of nitrogens with one attached hydrogen (secondary N) is 2. The van der Waals surface area contributed by atoms with Gasteiger partial charge in [0.05, 0.1) is 6.61 Å². The van der Waals surface area contributed by atoms with Crippen molar-refractivity contribution >= 4 is 17.4 Å². The number of amides is 1. The van der Waals surface area contributed by atoms with Gasteiger partial charge in [0, 0.05) is 25.1 Å². The predicted molar refractivity (Wildman–Crippen MR) is 88.8 cm³/mol. The highest BCUT2D eigenvalue weighted by Gasteiger charge is 2.09. The maximum atomic E-state index is 12.9. The van der Waals surface area contributed by atoms with E-state index in [2.05, 4.69) is 25.9 Å². The first-order chi connectivity index (χ1) is 12.2. The van der Waals surface area contributed by atoms with E-state index in [0.717, 1.165) is 0 Å². The van der Waals surface area contributed by atoms with Crippen LogP contribution in [0.25, 0.3) is 5.65 Å². The van der Waals surface area contributed by atoms with Gasteiger partial charge < -0.3 is 15.7 Å². The highest BCUT2D eigenvalue weighted by Crippen LogP contribution is 2.07. The summed E-state index contributed by atoms with van der Waals surface area (Å²) in [6.45, 7) is 0.737. The molecule has 3 N–H and O–H groups in total. The number of nitrogens with zero attached hydrogens (tertiary/aromatic N) is 4. The van der Waals surface area contributed by atoms with Gasteiger partial charge in [-0.2, -0.15) is 4.52 Å². The van der Waals surface area contributed by atoms with E-state index < -0.39 is 0 Å². The lowest BCUT2D eigenvalue weighted by Gasteiger charge is -2.06. The van der Waals surface area contributed by atoms with Crippen molar-refractivity contribution in [3.63, 3.8) is 0 Å². The number of aliphatic hydroxyl groups excluding tert-OH is 1. The highest BCUT2D eigenvalue weighted by molar-refractivity contribution is 5.94. The number of hydrogen-bond donors (Lipinski definition) is 3. The summed E-state index contributed by atoms with van der Waals surface area (Å²) in [7, 11) is 0. The van der Waals surface area contributed by atoms with E-state index in [0.29, 0.717) is 42.4 Å². The zero-order valence-electron chi connectivity index (χ0n) is 13.3. The third-order valence-electron chi connectivity index (χ3n) is 3.49. The molecule has 0 radical (unpaired) electrons. The summed E-state index contributed by atoms with van der Waals surface area (Å²) in [5, 5.41) is 27.0. The molecular weight excluding hydrogens is 327 g/mol. The van der Waals surface area contributed by atoms with Crippen LogP contribution in [0.1, 0.15) is 16.2 Å². The second-order valence-corrected chi connectivity index (χ2v) is 5.27. The summed E-state index contributed by atoms with van der Waals surface area (Å²) >= 11 is 0. The summed E-state index contributed by atoms with van der Waals surface area (Å²) in [4.78, 5) is 12.0. The predicted octanol–water partition coefficient (Wildman–Crippen LogP) is 0.640. The third-order valence-corrected chi connectivity index (χ3v) is 3.49. The molecule has 3 aromatic rings. The maximum Gasteiger partial charge on any atom is 0.251 e. The Morgan fingerprint density at radius 1 is 1.12 bits per heavy atom. The molecule has 8 nitrogen and oxygen atoms in total. The fourth-order valence-corrected chi connectivity index (χ4v) is 2.26. The van der Waals surface area contributed by atoms with Gasteiger partial charge in [-0.3, -0.25) is 4.79 Å². The van der Waals surface area contributed by atoms with Crippen LogP contribution >= 0.6 is 0 Å². The molecule has 1 aromatic carbocycles. The van der Waals surface area contributed by atoms with Gasteiger partial charge in [-0.15, -0.1) is 15.3 Å². The van der Waals surface area contributed by atoms with Crippen molar-refractivity contribution < 1.29 is 14.3 Å². The standard InChI is InChI=1S/C16H17FN6O2/c17-12-3-1-11(2-4-12)16(25)19-8-7-15-21-20-14-6-5-13(18-9-10-24)22-23(14)15/h1-6,24H,7-10H2,(H,18,22)(H,19,25). The number of aromatic nitrogens is 4. The van der Waals surface area contributed by atoms with Gasteiger partial charge in [-0.05, 0) is 36.4 Å². The summed E-state index contributed by atoms with van der Waals surface area (Å²) in [6.07, 6.45) is 0.435. The van der Waals surface area contributed by atoms with Gasteiger partial charge in [0.1, 0.15) is 11.6 Å². The van der Waals surface area contributed by atoms with E-state index in [-0.39, 0.29) is 18.3 Å². The van der Waals surface area contributed by atoms with Gasteiger partial charge in [-0.1, -0.05) is 0 Å². The van der Waals surface area contributed by atoms with E-state index in [1.54, 1.807) is 16.6 Å². The zero-order chi connectivity index (χ0) is 17.6. The smallest absolute Gasteiger partial charge is 0.251 e. The van der Waals surface area contributed by atoms with Crippen LogP contribution in [-0.2, 0) is 6.42 Å². The monoisotopic (exact) mass is 344 g/mol. The number of rotatable bonds is 7. The van der Waals surface area contributed by atoms with Crippen LogP contribution in [0.2, 0.25) is 0 Å². The minimum absolute atomic E-state index is 0.00414.